The minimum absolute atomic E-state index is 0.0735. The molecule has 1 unspecified atom stereocenters. The molecule has 0 fully saturated rings. The minimum atomic E-state index is -0.166. The van der Waals surface area contributed by atoms with Gasteiger partial charge in [-0.2, -0.15) is 0 Å². The number of ether oxygens (including phenoxy) is 2. The van der Waals surface area contributed by atoms with Crippen LogP contribution in [0, 0.1) is 0 Å². The Labute approximate surface area is 149 Å². The summed E-state index contributed by atoms with van der Waals surface area (Å²) in [4.78, 5) is 12.7. The molecule has 1 aliphatic carbocycles. The summed E-state index contributed by atoms with van der Waals surface area (Å²) >= 11 is 0. The molecule has 0 bridgehead atoms. The molecule has 1 aliphatic rings. The van der Waals surface area contributed by atoms with Gasteiger partial charge in [-0.15, -0.1) is 0 Å². The molecule has 0 spiro atoms. The van der Waals surface area contributed by atoms with Crippen molar-refractivity contribution in [2.45, 2.75) is 38.6 Å². The van der Waals surface area contributed by atoms with E-state index >= 15 is 0 Å². The number of hydrogen-bond acceptors (Lipinski definition) is 3. The molecular formula is C21H25NO3. The number of carbonyl (C=O) groups is 1. The largest absolute Gasteiger partial charge is 0.497 e. The highest BCUT2D eigenvalue weighted by Gasteiger charge is 2.18. The van der Waals surface area contributed by atoms with Gasteiger partial charge in [-0.05, 0) is 67.5 Å². The Kier molecular flexibility index (Phi) is 5.27. The fraction of sp³-hybridized carbons (Fsp3) is 0.381. The number of methoxy groups -OCH3 is 2. The van der Waals surface area contributed by atoms with Gasteiger partial charge in [-0.3, -0.25) is 4.79 Å². The lowest BCUT2D eigenvalue weighted by Gasteiger charge is -2.20. The summed E-state index contributed by atoms with van der Waals surface area (Å²) in [6.07, 6.45) is 4.82. The second-order valence-electron chi connectivity index (χ2n) is 6.50. The van der Waals surface area contributed by atoms with E-state index in [1.165, 1.54) is 24.0 Å². The molecule has 3 rings (SSSR count). The number of hydrogen-bond donors (Lipinski definition) is 1. The fourth-order valence-electron chi connectivity index (χ4n) is 3.37. The van der Waals surface area contributed by atoms with Crippen molar-refractivity contribution in [2.24, 2.45) is 0 Å². The monoisotopic (exact) mass is 339 g/mol. The van der Waals surface area contributed by atoms with Gasteiger partial charge < -0.3 is 14.8 Å². The summed E-state index contributed by atoms with van der Waals surface area (Å²) < 4.78 is 10.5. The van der Waals surface area contributed by atoms with Crippen molar-refractivity contribution in [2.75, 3.05) is 14.2 Å². The maximum absolute atomic E-state index is 12.7. The molecular weight excluding hydrogens is 314 g/mol. The van der Waals surface area contributed by atoms with Gasteiger partial charge in [-0.1, -0.05) is 18.2 Å². The number of amides is 1. The average Bonchev–Trinajstić information content (AvgIpc) is 2.66. The highest BCUT2D eigenvalue weighted by atomic mass is 16.5. The van der Waals surface area contributed by atoms with Gasteiger partial charge in [0.05, 0.1) is 25.8 Å². The summed E-state index contributed by atoms with van der Waals surface area (Å²) in [6.45, 7) is 2.01. The molecule has 1 atom stereocenters. The summed E-state index contributed by atoms with van der Waals surface area (Å²) in [6, 6.07) is 11.7. The van der Waals surface area contributed by atoms with Crippen molar-refractivity contribution in [3.63, 3.8) is 0 Å². The lowest BCUT2D eigenvalue weighted by Crippen LogP contribution is -2.27. The van der Waals surface area contributed by atoms with E-state index in [1.807, 2.05) is 6.92 Å². The van der Waals surface area contributed by atoms with Crippen LogP contribution < -0.4 is 14.8 Å². The van der Waals surface area contributed by atoms with Gasteiger partial charge in [0, 0.05) is 0 Å². The zero-order chi connectivity index (χ0) is 17.8. The third kappa shape index (κ3) is 3.78. The first-order valence-corrected chi connectivity index (χ1v) is 8.77. The first-order chi connectivity index (χ1) is 12.1. The molecule has 0 aliphatic heterocycles. The number of carbonyl (C=O) groups excluding carboxylic acids is 1. The van der Waals surface area contributed by atoms with E-state index in [2.05, 4.69) is 23.5 Å². The average molecular weight is 339 g/mol. The standard InChI is InChI=1S/C21H25NO3/c1-14(16-9-8-15-6-4-5-7-17(15)12-16)22-21(23)19-13-18(24-2)10-11-20(19)25-3/h8-14H,4-7H2,1-3H3,(H,22,23). The highest BCUT2D eigenvalue weighted by Crippen LogP contribution is 2.27. The van der Waals surface area contributed by atoms with Gasteiger partial charge in [-0.25, -0.2) is 0 Å². The molecule has 25 heavy (non-hydrogen) atoms. The van der Waals surface area contributed by atoms with Crippen LogP contribution in [-0.4, -0.2) is 20.1 Å². The van der Waals surface area contributed by atoms with Gasteiger partial charge in [0.1, 0.15) is 11.5 Å². The zero-order valence-electron chi connectivity index (χ0n) is 15.1. The Morgan fingerprint density at radius 3 is 2.48 bits per heavy atom. The van der Waals surface area contributed by atoms with E-state index in [0.717, 1.165) is 18.4 Å². The zero-order valence-corrected chi connectivity index (χ0v) is 15.1. The van der Waals surface area contributed by atoms with Crippen LogP contribution in [-0.2, 0) is 12.8 Å². The van der Waals surface area contributed by atoms with E-state index in [4.69, 9.17) is 9.47 Å². The molecule has 1 amide bonds. The van der Waals surface area contributed by atoms with Crippen molar-refractivity contribution in [1.82, 2.24) is 5.32 Å². The number of fused-ring (bicyclic) bond motifs is 1. The lowest BCUT2D eigenvalue weighted by molar-refractivity contribution is 0.0936. The summed E-state index contributed by atoms with van der Waals surface area (Å²) in [5.74, 6) is 1.00. The number of aryl methyl sites for hydroxylation is 2. The van der Waals surface area contributed by atoms with E-state index in [9.17, 15) is 4.79 Å². The summed E-state index contributed by atoms with van der Waals surface area (Å²) in [7, 11) is 3.14. The van der Waals surface area contributed by atoms with E-state index < -0.39 is 0 Å². The van der Waals surface area contributed by atoms with Crippen molar-refractivity contribution >= 4 is 5.91 Å². The first kappa shape index (κ1) is 17.3. The van der Waals surface area contributed by atoms with Crippen LogP contribution >= 0.6 is 0 Å². The number of nitrogens with one attached hydrogen (secondary N) is 1. The van der Waals surface area contributed by atoms with Crippen molar-refractivity contribution in [1.29, 1.82) is 0 Å². The predicted molar refractivity (Wildman–Crippen MR) is 98.5 cm³/mol. The van der Waals surface area contributed by atoms with E-state index in [-0.39, 0.29) is 11.9 Å². The molecule has 0 heterocycles. The molecule has 132 valence electrons. The van der Waals surface area contributed by atoms with Crippen LogP contribution in [0.4, 0.5) is 0 Å². The minimum Gasteiger partial charge on any atom is -0.497 e. The van der Waals surface area contributed by atoms with Crippen molar-refractivity contribution in [3.8, 4) is 11.5 Å². The quantitative estimate of drug-likeness (QED) is 0.893. The van der Waals surface area contributed by atoms with Gasteiger partial charge >= 0.3 is 0 Å². The van der Waals surface area contributed by atoms with Crippen LogP contribution in [0.25, 0.3) is 0 Å². The van der Waals surface area contributed by atoms with Crippen LogP contribution in [0.15, 0.2) is 36.4 Å². The third-order valence-electron chi connectivity index (χ3n) is 4.87. The van der Waals surface area contributed by atoms with E-state index in [0.29, 0.717) is 17.1 Å². The maximum atomic E-state index is 12.7. The van der Waals surface area contributed by atoms with Crippen molar-refractivity contribution in [3.05, 3.63) is 58.7 Å². The fourth-order valence-corrected chi connectivity index (χ4v) is 3.37. The van der Waals surface area contributed by atoms with Gasteiger partial charge in [0.25, 0.3) is 5.91 Å². The molecule has 2 aromatic carbocycles. The Bertz CT molecular complexity index is 770. The molecule has 0 saturated carbocycles. The van der Waals surface area contributed by atoms with E-state index in [1.54, 1.807) is 32.4 Å². The molecule has 4 heteroatoms. The SMILES string of the molecule is COc1ccc(OC)c(C(=O)NC(C)c2ccc3c(c2)CCCC3)c1. The van der Waals surface area contributed by atoms with Crippen LogP contribution in [0.2, 0.25) is 0 Å². The molecule has 2 aromatic rings. The van der Waals surface area contributed by atoms with Gasteiger partial charge in [0.15, 0.2) is 0 Å². The highest BCUT2D eigenvalue weighted by molar-refractivity contribution is 5.97. The Morgan fingerprint density at radius 2 is 1.76 bits per heavy atom. The first-order valence-electron chi connectivity index (χ1n) is 8.77. The normalized spacial score (nSPS) is 14.4. The molecule has 4 nitrogen and oxygen atoms in total. The smallest absolute Gasteiger partial charge is 0.255 e. The number of rotatable bonds is 5. The van der Waals surface area contributed by atoms with Gasteiger partial charge in [0.2, 0.25) is 0 Å². The van der Waals surface area contributed by atoms with Crippen LogP contribution in [0.5, 0.6) is 11.5 Å². The predicted octanol–water partition coefficient (Wildman–Crippen LogP) is 4.07. The molecule has 0 saturated heterocycles. The van der Waals surface area contributed by atoms with Crippen LogP contribution in [0.1, 0.15) is 52.9 Å². The Morgan fingerprint density at radius 1 is 1.00 bits per heavy atom. The molecule has 0 radical (unpaired) electrons. The Balaban J connectivity index is 1.78. The number of benzene rings is 2. The molecule has 1 N–H and O–H groups in total. The topological polar surface area (TPSA) is 47.6 Å². The second kappa shape index (κ2) is 7.60. The summed E-state index contributed by atoms with van der Waals surface area (Å²) in [5.41, 5.74) is 4.48. The summed E-state index contributed by atoms with van der Waals surface area (Å²) in [5, 5.41) is 3.07. The third-order valence-corrected chi connectivity index (χ3v) is 4.87. The maximum Gasteiger partial charge on any atom is 0.255 e. The van der Waals surface area contributed by atoms with Crippen LogP contribution in [0.3, 0.4) is 0 Å². The second-order valence-corrected chi connectivity index (χ2v) is 6.50. The lowest BCUT2D eigenvalue weighted by atomic mass is 9.89. The van der Waals surface area contributed by atoms with Crippen molar-refractivity contribution < 1.29 is 14.3 Å². The Hall–Kier alpha value is -2.49. The molecule has 0 aromatic heterocycles.